The van der Waals surface area contributed by atoms with Crippen LogP contribution in [0.25, 0.3) is 16.7 Å². The van der Waals surface area contributed by atoms with Crippen LogP contribution in [0.15, 0.2) is 65.7 Å². The summed E-state index contributed by atoms with van der Waals surface area (Å²) in [6.07, 6.45) is 1.66. The van der Waals surface area contributed by atoms with Gasteiger partial charge in [-0.1, -0.05) is 42.5 Å². The molecule has 1 aromatic heterocycles. The van der Waals surface area contributed by atoms with Crippen LogP contribution in [0.1, 0.15) is 17.5 Å². The number of para-hydroxylation sites is 2. The molecular weight excluding hydrogens is 276 g/mol. The van der Waals surface area contributed by atoms with Gasteiger partial charge in [0.15, 0.2) is 5.82 Å². The lowest BCUT2D eigenvalue weighted by molar-refractivity contribution is 0.233. The number of nitrogens with one attached hydrogen (secondary N) is 1. The van der Waals surface area contributed by atoms with Gasteiger partial charge >= 0.3 is 0 Å². The van der Waals surface area contributed by atoms with Crippen molar-refractivity contribution >= 4 is 22.8 Å². The minimum Gasteiger partial charge on any atom is -0.453 e. The van der Waals surface area contributed by atoms with Gasteiger partial charge < -0.3 is 15.5 Å². The fourth-order valence-electron chi connectivity index (χ4n) is 2.50. The van der Waals surface area contributed by atoms with Crippen LogP contribution >= 0.6 is 0 Å². The third-order valence-corrected chi connectivity index (χ3v) is 3.55. The van der Waals surface area contributed by atoms with Crippen molar-refractivity contribution in [2.24, 2.45) is 10.7 Å². The molecule has 0 amide bonds. The number of imidazole rings is 1. The number of amidine groups is 1. The molecule has 108 valence electrons. The Labute approximate surface area is 127 Å². The number of aromatic amines is 1. The van der Waals surface area contributed by atoms with Crippen molar-refractivity contribution in [2.45, 2.75) is 6.10 Å². The molecule has 0 saturated carbocycles. The fraction of sp³-hybridized carbons (Fsp3) is 0.0588. The zero-order valence-corrected chi connectivity index (χ0v) is 11.7. The van der Waals surface area contributed by atoms with Crippen LogP contribution in [0.4, 0.5) is 0 Å². The summed E-state index contributed by atoms with van der Waals surface area (Å²) in [6.45, 7) is 0. The minimum absolute atomic E-state index is 0.145. The summed E-state index contributed by atoms with van der Waals surface area (Å²) < 4.78 is 5.61. The Morgan fingerprint density at radius 3 is 2.59 bits per heavy atom. The van der Waals surface area contributed by atoms with Crippen molar-refractivity contribution < 1.29 is 4.74 Å². The molecule has 0 fully saturated rings. The Kier molecular flexibility index (Phi) is 2.89. The number of hydrogen-bond acceptors (Lipinski definition) is 4. The number of aliphatic imine (C=N–C) groups is 1. The molecule has 1 aliphatic rings. The lowest BCUT2D eigenvalue weighted by Gasteiger charge is -2.19. The number of aromatic nitrogens is 2. The van der Waals surface area contributed by atoms with E-state index in [-0.39, 0.29) is 12.1 Å². The number of hydrogen-bond donors (Lipinski definition) is 2. The number of H-pyrrole nitrogens is 1. The highest BCUT2D eigenvalue weighted by molar-refractivity contribution is 5.85. The molecule has 3 N–H and O–H groups in total. The van der Waals surface area contributed by atoms with Crippen LogP contribution in [0.3, 0.4) is 0 Å². The lowest BCUT2D eigenvalue weighted by Crippen LogP contribution is -2.22. The van der Waals surface area contributed by atoms with E-state index in [0.717, 1.165) is 16.6 Å². The first-order valence-corrected chi connectivity index (χ1v) is 7.02. The molecule has 0 aliphatic carbocycles. The molecule has 1 unspecified atom stereocenters. The number of rotatable bonds is 2. The highest BCUT2D eigenvalue weighted by Crippen LogP contribution is 2.28. The Morgan fingerprint density at radius 2 is 1.77 bits per heavy atom. The van der Waals surface area contributed by atoms with E-state index in [0.29, 0.717) is 11.5 Å². The van der Waals surface area contributed by atoms with Gasteiger partial charge in [-0.3, -0.25) is 0 Å². The summed E-state index contributed by atoms with van der Waals surface area (Å²) in [5.41, 5.74) is 9.41. The summed E-state index contributed by atoms with van der Waals surface area (Å²) in [4.78, 5) is 12.1. The minimum atomic E-state index is -0.262. The summed E-state index contributed by atoms with van der Waals surface area (Å²) in [5, 5.41) is 0. The maximum absolute atomic E-state index is 5.83. The van der Waals surface area contributed by atoms with Gasteiger partial charge in [0.25, 0.3) is 6.02 Å². The monoisotopic (exact) mass is 290 g/mol. The first-order valence-electron chi connectivity index (χ1n) is 7.02. The van der Waals surface area contributed by atoms with Crippen LogP contribution in [0, 0.1) is 0 Å². The maximum atomic E-state index is 5.83. The van der Waals surface area contributed by atoms with E-state index in [1.54, 1.807) is 0 Å². The van der Waals surface area contributed by atoms with E-state index in [1.807, 2.05) is 60.7 Å². The number of benzene rings is 2. The normalized spacial score (nSPS) is 17.7. The molecule has 1 atom stereocenters. The lowest BCUT2D eigenvalue weighted by atomic mass is 10.1. The highest BCUT2D eigenvalue weighted by Gasteiger charge is 2.20. The van der Waals surface area contributed by atoms with Crippen LogP contribution in [-0.2, 0) is 4.74 Å². The zero-order chi connectivity index (χ0) is 14.9. The van der Waals surface area contributed by atoms with Crippen molar-refractivity contribution in [3.8, 4) is 0 Å². The van der Waals surface area contributed by atoms with Gasteiger partial charge in [-0.25, -0.2) is 4.98 Å². The van der Waals surface area contributed by atoms with Crippen LogP contribution < -0.4 is 5.73 Å². The molecule has 1 aliphatic heterocycles. The number of nitrogens with zero attached hydrogens (tertiary/aromatic N) is 2. The van der Waals surface area contributed by atoms with Gasteiger partial charge in [0, 0.05) is 0 Å². The number of ether oxygens (including phenoxy) is 1. The van der Waals surface area contributed by atoms with E-state index in [2.05, 4.69) is 15.0 Å². The van der Waals surface area contributed by atoms with Gasteiger partial charge in [-0.05, 0) is 23.8 Å². The molecule has 2 heterocycles. The number of fused-ring (bicyclic) bond motifs is 1. The van der Waals surface area contributed by atoms with E-state index < -0.39 is 0 Å². The van der Waals surface area contributed by atoms with Gasteiger partial charge in [0.05, 0.1) is 11.0 Å². The van der Waals surface area contributed by atoms with Crippen molar-refractivity contribution in [1.29, 1.82) is 0 Å². The summed E-state index contributed by atoms with van der Waals surface area (Å²) in [5.74, 6) is 0.688. The second-order valence-electron chi connectivity index (χ2n) is 5.05. The van der Waals surface area contributed by atoms with Gasteiger partial charge in [-0.2, -0.15) is 4.99 Å². The van der Waals surface area contributed by atoms with E-state index >= 15 is 0 Å². The SMILES string of the molecule is NC1=NC(c2nc3ccccc3[nH]2)=CC(c2ccccc2)O1. The molecule has 22 heavy (non-hydrogen) atoms. The zero-order valence-electron chi connectivity index (χ0n) is 11.7. The van der Waals surface area contributed by atoms with E-state index in [9.17, 15) is 0 Å². The summed E-state index contributed by atoms with van der Waals surface area (Å²) >= 11 is 0. The van der Waals surface area contributed by atoms with Crippen LogP contribution in [-0.4, -0.2) is 16.0 Å². The topological polar surface area (TPSA) is 76.3 Å². The average molecular weight is 290 g/mol. The molecule has 3 aromatic rings. The second kappa shape index (κ2) is 5.04. The van der Waals surface area contributed by atoms with Crippen molar-refractivity contribution in [2.75, 3.05) is 0 Å². The molecule has 0 saturated heterocycles. The number of nitrogens with two attached hydrogens (primary N) is 1. The molecule has 4 rings (SSSR count). The smallest absolute Gasteiger partial charge is 0.288 e. The quantitative estimate of drug-likeness (QED) is 0.761. The predicted octanol–water partition coefficient (Wildman–Crippen LogP) is 2.99. The van der Waals surface area contributed by atoms with Crippen molar-refractivity contribution in [1.82, 2.24) is 9.97 Å². The highest BCUT2D eigenvalue weighted by atomic mass is 16.5. The average Bonchev–Trinajstić information content (AvgIpc) is 2.99. The fourth-order valence-corrected chi connectivity index (χ4v) is 2.50. The van der Waals surface area contributed by atoms with Gasteiger partial charge in [0.2, 0.25) is 0 Å². The van der Waals surface area contributed by atoms with E-state index in [1.165, 1.54) is 0 Å². The summed E-state index contributed by atoms with van der Waals surface area (Å²) in [7, 11) is 0. The van der Waals surface area contributed by atoms with Crippen LogP contribution in [0.5, 0.6) is 0 Å². The Hall–Kier alpha value is -3.08. The van der Waals surface area contributed by atoms with Gasteiger partial charge in [0.1, 0.15) is 11.8 Å². The molecule has 5 nitrogen and oxygen atoms in total. The van der Waals surface area contributed by atoms with Crippen molar-refractivity contribution in [3.63, 3.8) is 0 Å². The Balaban J connectivity index is 1.77. The molecule has 2 aromatic carbocycles. The Morgan fingerprint density at radius 1 is 1.00 bits per heavy atom. The summed E-state index contributed by atoms with van der Waals surface area (Å²) in [6, 6.07) is 17.9. The third kappa shape index (κ3) is 2.22. The van der Waals surface area contributed by atoms with Crippen LogP contribution in [0.2, 0.25) is 0 Å². The molecular formula is C17H14N4O. The standard InChI is InChI=1S/C17H14N4O/c18-17-21-14(10-15(22-17)11-6-2-1-3-7-11)16-19-12-8-4-5-9-13(12)20-16/h1-10,15H,(H2,18,21)(H,19,20). The molecule has 0 spiro atoms. The molecule has 0 radical (unpaired) electrons. The van der Waals surface area contributed by atoms with E-state index in [4.69, 9.17) is 10.5 Å². The first kappa shape index (κ1) is 12.6. The third-order valence-electron chi connectivity index (χ3n) is 3.55. The maximum Gasteiger partial charge on any atom is 0.288 e. The van der Waals surface area contributed by atoms with Crippen molar-refractivity contribution in [3.05, 3.63) is 72.1 Å². The molecule has 0 bridgehead atoms. The first-order chi connectivity index (χ1) is 10.8. The van der Waals surface area contributed by atoms with Gasteiger partial charge in [-0.15, -0.1) is 0 Å². The largest absolute Gasteiger partial charge is 0.453 e. The molecule has 5 heteroatoms. The second-order valence-corrected chi connectivity index (χ2v) is 5.05. The predicted molar refractivity (Wildman–Crippen MR) is 86.0 cm³/mol. The Bertz CT molecular complexity index is 847.